The van der Waals surface area contributed by atoms with Gasteiger partial charge in [-0.15, -0.1) is 0 Å². The van der Waals surface area contributed by atoms with Crippen LogP contribution in [0.2, 0.25) is 0 Å². The molecule has 0 saturated carbocycles. The maximum atomic E-state index is 12.8. The Kier molecular flexibility index (Phi) is 4.93. The molecule has 1 amide bonds. The molecule has 0 aliphatic heterocycles. The maximum absolute atomic E-state index is 12.8. The summed E-state index contributed by atoms with van der Waals surface area (Å²) in [5.74, 6) is 1.21. The second-order valence-corrected chi connectivity index (χ2v) is 7.20. The third-order valence-electron chi connectivity index (χ3n) is 4.42. The fourth-order valence-corrected chi connectivity index (χ4v) is 3.26. The van der Waals surface area contributed by atoms with E-state index in [9.17, 15) is 9.59 Å². The molecule has 1 N–H and O–H groups in total. The minimum absolute atomic E-state index is 0.0349. The number of rotatable bonds is 5. The lowest BCUT2D eigenvalue weighted by Gasteiger charge is -2.17. The Morgan fingerprint density at radius 1 is 1.33 bits per heavy atom. The van der Waals surface area contributed by atoms with Crippen molar-refractivity contribution in [2.45, 2.75) is 26.8 Å². The monoisotopic (exact) mass is 371 g/mol. The predicted molar refractivity (Wildman–Crippen MR) is 103 cm³/mol. The smallest absolute Gasteiger partial charge is 0.294 e. The quantitative estimate of drug-likeness (QED) is 0.736. The van der Waals surface area contributed by atoms with Crippen LogP contribution in [0.3, 0.4) is 0 Å². The summed E-state index contributed by atoms with van der Waals surface area (Å²) in [5.41, 5.74) is 1.70. The van der Waals surface area contributed by atoms with E-state index in [1.54, 1.807) is 23.8 Å². The van der Waals surface area contributed by atoms with Gasteiger partial charge in [0, 0.05) is 37.6 Å². The zero-order chi connectivity index (χ0) is 19.9. The minimum atomic E-state index is -0.299. The van der Waals surface area contributed by atoms with Gasteiger partial charge < -0.3 is 19.2 Å². The van der Waals surface area contributed by atoms with Crippen LogP contribution < -0.4 is 10.9 Å². The Balaban J connectivity index is 2.01. The number of likely N-dealkylation sites (N-methyl/N-ethyl adjacent to an activating group) is 1. The van der Waals surface area contributed by atoms with Gasteiger partial charge in [-0.3, -0.25) is 14.0 Å². The van der Waals surface area contributed by atoms with Gasteiger partial charge in [0.2, 0.25) is 5.65 Å². The number of hydrogen-bond donors (Lipinski definition) is 1. The van der Waals surface area contributed by atoms with Gasteiger partial charge in [-0.2, -0.15) is 0 Å². The van der Waals surface area contributed by atoms with Crippen molar-refractivity contribution in [3.8, 4) is 11.3 Å². The van der Waals surface area contributed by atoms with E-state index in [1.165, 1.54) is 4.57 Å². The van der Waals surface area contributed by atoms with Crippen LogP contribution in [-0.4, -0.2) is 51.4 Å². The largest absolute Gasteiger partial charge is 0.466 e. The maximum Gasteiger partial charge on any atom is 0.294 e. The van der Waals surface area contributed by atoms with E-state index in [2.05, 4.69) is 10.3 Å². The fraction of sp³-hybridized carbons (Fsp3) is 0.421. The molecule has 0 fully saturated rings. The summed E-state index contributed by atoms with van der Waals surface area (Å²) in [4.78, 5) is 31.5. The number of furan rings is 1. The molecule has 1 atom stereocenters. The Labute approximate surface area is 157 Å². The molecule has 0 radical (unpaired) electrons. The van der Waals surface area contributed by atoms with Crippen LogP contribution >= 0.6 is 0 Å². The molecule has 3 heterocycles. The number of fused-ring (bicyclic) bond motifs is 1. The Hall–Kier alpha value is -2.87. The predicted octanol–water partition coefficient (Wildman–Crippen LogP) is 1.59. The highest BCUT2D eigenvalue weighted by Gasteiger charge is 2.18. The second-order valence-electron chi connectivity index (χ2n) is 7.20. The number of carbonyl (C=O) groups is 1. The minimum Gasteiger partial charge on any atom is -0.466 e. The van der Waals surface area contributed by atoms with Gasteiger partial charge in [0.1, 0.15) is 17.2 Å². The van der Waals surface area contributed by atoms with Crippen molar-refractivity contribution in [3.05, 3.63) is 46.0 Å². The number of amides is 1. The van der Waals surface area contributed by atoms with Crippen molar-refractivity contribution in [1.82, 2.24) is 24.2 Å². The number of nitrogens with zero attached hydrogens (tertiary/aromatic N) is 4. The Morgan fingerprint density at radius 2 is 2.04 bits per heavy atom. The molecule has 8 nitrogen and oxygen atoms in total. The van der Waals surface area contributed by atoms with E-state index < -0.39 is 0 Å². The number of carbonyl (C=O) groups excluding carboxylic acids is 1. The van der Waals surface area contributed by atoms with E-state index in [-0.39, 0.29) is 28.8 Å². The average molecular weight is 371 g/mol. The summed E-state index contributed by atoms with van der Waals surface area (Å²) in [6.45, 7) is 6.36. The van der Waals surface area contributed by atoms with E-state index >= 15 is 0 Å². The molecule has 3 aromatic heterocycles. The molecule has 27 heavy (non-hydrogen) atoms. The third kappa shape index (κ3) is 3.66. The molecular formula is C19H25N5O3. The third-order valence-corrected chi connectivity index (χ3v) is 4.42. The Morgan fingerprint density at radius 3 is 2.63 bits per heavy atom. The zero-order valence-corrected chi connectivity index (χ0v) is 16.5. The molecule has 0 bridgehead atoms. The number of aromatic nitrogens is 3. The summed E-state index contributed by atoms with van der Waals surface area (Å²) in [6, 6.07) is 1.86. The molecule has 0 spiro atoms. The van der Waals surface area contributed by atoms with Gasteiger partial charge in [-0.25, -0.2) is 4.98 Å². The van der Waals surface area contributed by atoms with Crippen LogP contribution in [0.4, 0.5) is 0 Å². The van der Waals surface area contributed by atoms with Crippen LogP contribution in [0, 0.1) is 13.8 Å². The molecule has 0 unspecified atom stereocenters. The van der Waals surface area contributed by atoms with Gasteiger partial charge in [-0.1, -0.05) is 0 Å². The van der Waals surface area contributed by atoms with Crippen LogP contribution in [0.25, 0.3) is 16.9 Å². The van der Waals surface area contributed by atoms with Gasteiger partial charge >= 0.3 is 0 Å². The van der Waals surface area contributed by atoms with Gasteiger partial charge in [-0.05, 0) is 40.9 Å². The van der Waals surface area contributed by atoms with Crippen LogP contribution in [-0.2, 0) is 7.05 Å². The first-order valence-corrected chi connectivity index (χ1v) is 8.79. The van der Waals surface area contributed by atoms with E-state index in [0.717, 1.165) is 17.1 Å². The van der Waals surface area contributed by atoms with Crippen molar-refractivity contribution < 1.29 is 9.21 Å². The lowest BCUT2D eigenvalue weighted by Crippen LogP contribution is -2.39. The molecule has 0 saturated heterocycles. The van der Waals surface area contributed by atoms with E-state index in [0.29, 0.717) is 12.2 Å². The summed E-state index contributed by atoms with van der Waals surface area (Å²) in [5, 5.41) is 2.90. The second kappa shape index (κ2) is 7.03. The highest BCUT2D eigenvalue weighted by atomic mass is 16.3. The van der Waals surface area contributed by atoms with Crippen LogP contribution in [0.15, 0.2) is 27.7 Å². The first-order chi connectivity index (χ1) is 12.7. The molecule has 0 aromatic carbocycles. The summed E-state index contributed by atoms with van der Waals surface area (Å²) >= 11 is 0. The fourth-order valence-electron chi connectivity index (χ4n) is 3.26. The topological polar surface area (TPSA) is 84.8 Å². The molecule has 3 rings (SSSR count). The Bertz CT molecular complexity index is 1060. The lowest BCUT2D eigenvalue weighted by atomic mass is 10.2. The van der Waals surface area contributed by atoms with Crippen LogP contribution in [0.1, 0.15) is 28.9 Å². The van der Waals surface area contributed by atoms with Crippen molar-refractivity contribution in [3.63, 3.8) is 0 Å². The molecular weight excluding hydrogens is 346 g/mol. The molecule has 144 valence electrons. The van der Waals surface area contributed by atoms with Crippen molar-refractivity contribution in [2.24, 2.45) is 7.05 Å². The van der Waals surface area contributed by atoms with Crippen molar-refractivity contribution in [2.75, 3.05) is 20.6 Å². The van der Waals surface area contributed by atoms with E-state index in [4.69, 9.17) is 4.42 Å². The van der Waals surface area contributed by atoms with Gasteiger partial charge in [0.25, 0.3) is 11.5 Å². The zero-order valence-electron chi connectivity index (χ0n) is 16.5. The highest BCUT2D eigenvalue weighted by molar-refractivity contribution is 5.93. The summed E-state index contributed by atoms with van der Waals surface area (Å²) < 4.78 is 8.71. The van der Waals surface area contributed by atoms with Crippen LogP contribution in [0.5, 0.6) is 0 Å². The molecule has 8 heteroatoms. The standard InChI is InChI=1S/C19H25N5O3/c1-11(8-22(4)5)20-18(25)15-9-24-10-16(14-7-12(2)27-13(14)3)23(6)19(26)17(24)21-15/h7,9-11H,8H2,1-6H3,(H,20,25)/t11-/m1/s1. The number of aryl methyl sites for hydroxylation is 2. The number of hydrogen-bond acceptors (Lipinski definition) is 5. The molecule has 0 aliphatic rings. The van der Waals surface area contributed by atoms with Crippen molar-refractivity contribution >= 4 is 11.6 Å². The first kappa shape index (κ1) is 18.9. The van der Waals surface area contributed by atoms with E-state index in [1.807, 2.05) is 45.8 Å². The van der Waals surface area contributed by atoms with Crippen molar-refractivity contribution in [1.29, 1.82) is 0 Å². The summed E-state index contributed by atoms with van der Waals surface area (Å²) in [6.07, 6.45) is 3.38. The molecule has 3 aromatic rings. The number of nitrogens with one attached hydrogen (secondary N) is 1. The lowest BCUT2D eigenvalue weighted by molar-refractivity contribution is 0.0930. The highest BCUT2D eigenvalue weighted by Crippen LogP contribution is 2.25. The average Bonchev–Trinajstić information content (AvgIpc) is 3.13. The normalized spacial score (nSPS) is 12.7. The SMILES string of the molecule is Cc1cc(-c2cn3cc(C(=O)N[C@H](C)CN(C)C)nc3c(=O)n2C)c(C)o1. The molecule has 0 aliphatic carbocycles. The number of imidazole rings is 1. The first-order valence-electron chi connectivity index (χ1n) is 8.79. The summed E-state index contributed by atoms with van der Waals surface area (Å²) in [7, 11) is 5.57. The van der Waals surface area contributed by atoms with Gasteiger partial charge in [0.15, 0.2) is 0 Å². The van der Waals surface area contributed by atoms with Gasteiger partial charge in [0.05, 0.1) is 5.69 Å².